The Morgan fingerprint density at radius 1 is 0.792 bits per heavy atom. The Morgan fingerprint density at radius 3 is 2.04 bits per heavy atom. The summed E-state index contributed by atoms with van der Waals surface area (Å²) in [7, 11) is 0. The van der Waals surface area contributed by atoms with Crippen molar-refractivity contribution in [2.75, 3.05) is 13.2 Å². The van der Waals surface area contributed by atoms with E-state index in [0.717, 1.165) is 0 Å². The molecule has 2 heterocycles. The highest BCUT2D eigenvalue weighted by atomic mass is 16.8. The van der Waals surface area contributed by atoms with Crippen molar-refractivity contribution in [3.05, 3.63) is 0 Å². The molecule has 11 atom stereocenters. The molecule has 11 unspecified atom stereocenters. The summed E-state index contributed by atoms with van der Waals surface area (Å²) in [6, 6.07) is 0. The van der Waals surface area contributed by atoms with Crippen LogP contribution in [0.25, 0.3) is 0 Å². The Hall–Kier alpha value is -0.320. The Balaban J connectivity index is 1.70. The first-order valence-electron chi connectivity index (χ1n) is 8.61. The van der Waals surface area contributed by atoms with E-state index >= 15 is 0 Å². The Kier molecular flexibility index (Phi) is 5.48. The molecule has 2 aliphatic heterocycles. The van der Waals surface area contributed by atoms with Gasteiger partial charge in [-0.15, -0.1) is 0 Å². The van der Waals surface area contributed by atoms with Crippen LogP contribution < -0.4 is 0 Å². The molecule has 5 N–H and O–H groups in total. The zero-order valence-corrected chi connectivity index (χ0v) is 13.9. The standard InChI is InChI=1S/C16H28O8/c1-6-7(2)12(19)16(22-10(6)4-17)24-15-9-3-8(9)13(20)14(21)11(5-18)23-15/h6-21H,3-5H2,1-2H3. The van der Waals surface area contributed by atoms with Crippen molar-refractivity contribution in [3.8, 4) is 0 Å². The van der Waals surface area contributed by atoms with Crippen molar-refractivity contribution < 1.29 is 39.7 Å². The van der Waals surface area contributed by atoms with E-state index in [0.29, 0.717) is 6.42 Å². The summed E-state index contributed by atoms with van der Waals surface area (Å²) in [6.45, 7) is 3.15. The number of hydrogen-bond donors (Lipinski definition) is 5. The van der Waals surface area contributed by atoms with Crippen molar-refractivity contribution in [3.63, 3.8) is 0 Å². The number of aliphatic hydroxyl groups excluding tert-OH is 5. The maximum absolute atomic E-state index is 10.4. The summed E-state index contributed by atoms with van der Waals surface area (Å²) < 4.78 is 17.1. The largest absolute Gasteiger partial charge is 0.394 e. The van der Waals surface area contributed by atoms with E-state index in [4.69, 9.17) is 14.2 Å². The number of ether oxygens (including phenoxy) is 3. The molecule has 2 saturated heterocycles. The molecule has 1 aliphatic carbocycles. The average Bonchev–Trinajstić information content (AvgIpc) is 3.37. The number of rotatable bonds is 4. The zero-order valence-electron chi connectivity index (χ0n) is 13.9. The fourth-order valence-corrected chi connectivity index (χ4v) is 3.78. The van der Waals surface area contributed by atoms with Gasteiger partial charge in [0.25, 0.3) is 0 Å². The van der Waals surface area contributed by atoms with E-state index in [2.05, 4.69) is 0 Å². The lowest BCUT2D eigenvalue weighted by Crippen LogP contribution is -2.53. The van der Waals surface area contributed by atoms with Crippen LogP contribution in [0.2, 0.25) is 0 Å². The summed E-state index contributed by atoms with van der Waals surface area (Å²) >= 11 is 0. The van der Waals surface area contributed by atoms with Crippen LogP contribution in [0.4, 0.5) is 0 Å². The molecule has 3 fully saturated rings. The molecule has 3 rings (SSSR count). The van der Waals surface area contributed by atoms with E-state index in [1.165, 1.54) is 0 Å². The molecule has 140 valence electrons. The maximum Gasteiger partial charge on any atom is 0.187 e. The molecule has 3 aliphatic rings. The quantitative estimate of drug-likeness (QED) is 0.412. The van der Waals surface area contributed by atoms with Gasteiger partial charge in [0, 0.05) is 5.92 Å². The van der Waals surface area contributed by atoms with Crippen LogP contribution in [-0.2, 0) is 14.2 Å². The van der Waals surface area contributed by atoms with Crippen molar-refractivity contribution >= 4 is 0 Å². The van der Waals surface area contributed by atoms with Crippen LogP contribution in [0.15, 0.2) is 0 Å². The summed E-state index contributed by atoms with van der Waals surface area (Å²) in [6.07, 6.45) is -5.55. The lowest BCUT2D eigenvalue weighted by molar-refractivity contribution is -0.333. The van der Waals surface area contributed by atoms with Crippen molar-refractivity contribution in [1.82, 2.24) is 0 Å². The second-order valence-corrected chi connectivity index (χ2v) is 7.34. The van der Waals surface area contributed by atoms with Gasteiger partial charge in [-0.1, -0.05) is 13.8 Å². The summed E-state index contributed by atoms with van der Waals surface area (Å²) in [4.78, 5) is 0. The third-order valence-corrected chi connectivity index (χ3v) is 5.89. The molecule has 8 nitrogen and oxygen atoms in total. The molecule has 0 amide bonds. The smallest absolute Gasteiger partial charge is 0.187 e. The van der Waals surface area contributed by atoms with Crippen LogP contribution >= 0.6 is 0 Å². The second-order valence-electron chi connectivity index (χ2n) is 7.34. The lowest BCUT2D eigenvalue weighted by atomic mass is 9.84. The van der Waals surface area contributed by atoms with Gasteiger partial charge in [-0.2, -0.15) is 0 Å². The van der Waals surface area contributed by atoms with Crippen molar-refractivity contribution in [2.24, 2.45) is 23.7 Å². The minimum atomic E-state index is -1.18. The first kappa shape index (κ1) is 18.5. The average molecular weight is 348 g/mol. The maximum atomic E-state index is 10.4. The fraction of sp³-hybridized carbons (Fsp3) is 1.00. The zero-order chi connectivity index (χ0) is 17.6. The van der Waals surface area contributed by atoms with E-state index in [9.17, 15) is 25.5 Å². The highest BCUT2D eigenvalue weighted by molar-refractivity contribution is 5.01. The van der Waals surface area contributed by atoms with Crippen molar-refractivity contribution in [2.45, 2.75) is 63.4 Å². The van der Waals surface area contributed by atoms with Crippen LogP contribution in [0, 0.1) is 23.7 Å². The van der Waals surface area contributed by atoms with Gasteiger partial charge >= 0.3 is 0 Å². The van der Waals surface area contributed by atoms with E-state index in [-0.39, 0.29) is 30.3 Å². The number of fused-ring (bicyclic) bond motifs is 1. The Morgan fingerprint density at radius 2 is 1.42 bits per heavy atom. The lowest BCUT2D eigenvalue weighted by Gasteiger charge is -2.42. The fourth-order valence-electron chi connectivity index (χ4n) is 3.78. The summed E-state index contributed by atoms with van der Waals surface area (Å²) in [5, 5.41) is 49.4. The Bertz CT molecular complexity index is 432. The minimum Gasteiger partial charge on any atom is -0.394 e. The summed E-state index contributed by atoms with van der Waals surface area (Å²) in [5.74, 6) is -0.439. The van der Waals surface area contributed by atoms with Gasteiger partial charge < -0.3 is 39.7 Å². The molecular formula is C16H28O8. The topological polar surface area (TPSA) is 129 Å². The monoisotopic (exact) mass is 348 g/mol. The van der Waals surface area contributed by atoms with Gasteiger partial charge in [-0.25, -0.2) is 0 Å². The molecule has 0 aromatic carbocycles. The number of aliphatic hydroxyl groups is 5. The van der Waals surface area contributed by atoms with Crippen molar-refractivity contribution in [1.29, 1.82) is 0 Å². The van der Waals surface area contributed by atoms with Gasteiger partial charge in [0.2, 0.25) is 0 Å². The van der Waals surface area contributed by atoms with Crippen LogP contribution in [0.1, 0.15) is 20.3 Å². The summed E-state index contributed by atoms with van der Waals surface area (Å²) in [5.41, 5.74) is 0. The van der Waals surface area contributed by atoms with E-state index < -0.39 is 49.7 Å². The van der Waals surface area contributed by atoms with Gasteiger partial charge in [0.05, 0.1) is 25.4 Å². The predicted octanol–water partition coefficient (Wildman–Crippen LogP) is -1.57. The van der Waals surface area contributed by atoms with Crippen LogP contribution in [0.5, 0.6) is 0 Å². The normalized spacial score (nSPS) is 54.9. The molecular weight excluding hydrogens is 320 g/mol. The number of hydrogen-bond acceptors (Lipinski definition) is 8. The molecule has 0 spiro atoms. The molecule has 0 aromatic heterocycles. The molecule has 0 bridgehead atoms. The van der Waals surface area contributed by atoms with E-state index in [1.54, 1.807) is 0 Å². The molecule has 24 heavy (non-hydrogen) atoms. The van der Waals surface area contributed by atoms with E-state index in [1.807, 2.05) is 13.8 Å². The van der Waals surface area contributed by atoms with Gasteiger partial charge in [0.1, 0.15) is 18.3 Å². The molecule has 1 saturated carbocycles. The third-order valence-electron chi connectivity index (χ3n) is 5.89. The van der Waals surface area contributed by atoms with Crippen LogP contribution in [-0.4, -0.2) is 81.8 Å². The van der Waals surface area contributed by atoms with Gasteiger partial charge in [-0.3, -0.25) is 0 Å². The highest BCUT2D eigenvalue weighted by Crippen LogP contribution is 2.49. The minimum absolute atomic E-state index is 0.0255. The second kappa shape index (κ2) is 7.13. The molecule has 0 radical (unpaired) electrons. The van der Waals surface area contributed by atoms with Gasteiger partial charge in [-0.05, 0) is 24.2 Å². The molecule has 0 aromatic rings. The first-order chi connectivity index (χ1) is 11.4. The highest BCUT2D eigenvalue weighted by Gasteiger charge is 2.56. The SMILES string of the molecule is CC1C(CO)OC(OC2OC(CO)C(O)C(O)C3CC23)C(O)C1C. The molecule has 8 heteroatoms. The third kappa shape index (κ3) is 3.22. The first-order valence-corrected chi connectivity index (χ1v) is 8.61. The van der Waals surface area contributed by atoms with Crippen LogP contribution in [0.3, 0.4) is 0 Å². The Labute approximate surface area is 141 Å². The van der Waals surface area contributed by atoms with Gasteiger partial charge in [0.15, 0.2) is 12.6 Å². The predicted molar refractivity (Wildman–Crippen MR) is 80.5 cm³/mol.